The summed E-state index contributed by atoms with van der Waals surface area (Å²) in [5.74, 6) is 1.22. The fourth-order valence-electron chi connectivity index (χ4n) is 4.20. The lowest BCUT2D eigenvalue weighted by molar-refractivity contribution is -0.145. The van der Waals surface area contributed by atoms with Gasteiger partial charge in [-0.05, 0) is 49.0 Å². The van der Waals surface area contributed by atoms with Crippen molar-refractivity contribution in [1.82, 2.24) is 20.2 Å². The number of fused-ring (bicyclic) bond motifs is 4. The number of carboxylic acid groups (broad SMARTS) is 1. The molecule has 2 aromatic carbocycles. The molecule has 0 aliphatic carbocycles. The van der Waals surface area contributed by atoms with Crippen molar-refractivity contribution in [3.8, 4) is 11.5 Å². The lowest BCUT2D eigenvalue weighted by Crippen LogP contribution is -2.51. The van der Waals surface area contributed by atoms with Crippen LogP contribution >= 0.6 is 12.2 Å². The number of aliphatic hydroxyl groups is 1. The second-order valence-corrected chi connectivity index (χ2v) is 9.19. The molecule has 38 heavy (non-hydrogen) atoms. The van der Waals surface area contributed by atoms with E-state index in [1.54, 1.807) is 6.33 Å². The van der Waals surface area contributed by atoms with Crippen LogP contribution in [0.5, 0.6) is 11.5 Å². The summed E-state index contributed by atoms with van der Waals surface area (Å²) >= 11 is 5.64. The Kier molecular flexibility index (Phi) is 7.43. The van der Waals surface area contributed by atoms with Crippen LogP contribution in [0.3, 0.4) is 0 Å². The zero-order chi connectivity index (χ0) is 26.6. The normalized spacial score (nSPS) is 15.2. The number of carboxylic acids is 1. The number of aromatic nitrogens is 2. The van der Waals surface area contributed by atoms with Gasteiger partial charge >= 0.3 is 5.97 Å². The number of benzene rings is 2. The van der Waals surface area contributed by atoms with Crippen LogP contribution in [0.15, 0.2) is 53.2 Å². The largest absolute Gasteiger partial charge is 0.479 e. The highest BCUT2D eigenvalue weighted by molar-refractivity contribution is 7.80. The lowest BCUT2D eigenvalue weighted by Gasteiger charge is -2.36. The summed E-state index contributed by atoms with van der Waals surface area (Å²) < 4.78 is 16.9. The number of furan rings is 1. The summed E-state index contributed by atoms with van der Waals surface area (Å²) in [7, 11) is 0. The van der Waals surface area contributed by atoms with Crippen LogP contribution in [0.25, 0.3) is 22.1 Å². The first kappa shape index (κ1) is 25.5. The molecule has 0 spiro atoms. The molecule has 0 amide bonds. The highest BCUT2D eigenvalue weighted by atomic mass is 32.1. The lowest BCUT2D eigenvalue weighted by atomic mass is 10.2. The molecule has 0 unspecified atom stereocenters. The van der Waals surface area contributed by atoms with E-state index in [1.165, 1.54) is 6.92 Å². The van der Waals surface area contributed by atoms with Gasteiger partial charge in [-0.2, -0.15) is 0 Å². The molecule has 2 aliphatic rings. The van der Waals surface area contributed by atoms with Crippen molar-refractivity contribution >= 4 is 51.2 Å². The fraction of sp³-hybridized carbons (Fsp3) is 0.308. The van der Waals surface area contributed by atoms with Crippen molar-refractivity contribution in [2.45, 2.75) is 19.6 Å². The van der Waals surface area contributed by atoms with Crippen LogP contribution in [0.4, 0.5) is 5.82 Å². The van der Waals surface area contributed by atoms with Crippen LogP contribution in [0.1, 0.15) is 12.5 Å². The molecule has 12 heteroatoms. The topological polar surface area (TPSA) is 133 Å². The maximum atomic E-state index is 9.45. The predicted molar refractivity (Wildman–Crippen MR) is 144 cm³/mol. The van der Waals surface area contributed by atoms with Gasteiger partial charge in [-0.25, -0.2) is 14.8 Å². The van der Waals surface area contributed by atoms with Gasteiger partial charge < -0.3 is 39.2 Å². The van der Waals surface area contributed by atoms with Crippen molar-refractivity contribution in [1.29, 1.82) is 0 Å². The summed E-state index contributed by atoms with van der Waals surface area (Å²) in [6.45, 7) is 5.33. The molecule has 4 aromatic rings. The van der Waals surface area contributed by atoms with Crippen molar-refractivity contribution < 1.29 is 28.9 Å². The molecular weight excluding hydrogens is 510 g/mol. The average Bonchev–Trinajstić information content (AvgIpc) is 3.56. The first-order valence-electron chi connectivity index (χ1n) is 12.1. The number of aliphatic hydroxyl groups excluding tert-OH is 1. The second kappa shape index (κ2) is 11.1. The van der Waals surface area contributed by atoms with Crippen molar-refractivity contribution in [2.75, 3.05) is 37.9 Å². The van der Waals surface area contributed by atoms with E-state index in [4.69, 9.17) is 36.3 Å². The van der Waals surface area contributed by atoms with Crippen LogP contribution in [0, 0.1) is 0 Å². The molecule has 198 valence electrons. The first-order valence-corrected chi connectivity index (χ1v) is 12.5. The third-order valence-corrected chi connectivity index (χ3v) is 6.65. The van der Waals surface area contributed by atoms with E-state index in [9.17, 15) is 4.79 Å². The van der Waals surface area contributed by atoms with E-state index in [-0.39, 0.29) is 6.79 Å². The third-order valence-electron chi connectivity index (χ3n) is 6.24. The van der Waals surface area contributed by atoms with Crippen LogP contribution < -0.4 is 19.7 Å². The monoisotopic (exact) mass is 537 g/mol. The number of para-hydroxylation sites is 1. The molecule has 0 bridgehead atoms. The number of ether oxygens (including phenoxy) is 2. The van der Waals surface area contributed by atoms with Crippen molar-refractivity contribution in [2.24, 2.45) is 0 Å². The van der Waals surface area contributed by atoms with Crippen molar-refractivity contribution in [3.05, 3.63) is 54.4 Å². The molecule has 2 aromatic heterocycles. The predicted octanol–water partition coefficient (Wildman–Crippen LogP) is 2.75. The zero-order valence-corrected chi connectivity index (χ0v) is 21.5. The van der Waals surface area contributed by atoms with E-state index in [0.717, 1.165) is 76.2 Å². The van der Waals surface area contributed by atoms with Gasteiger partial charge in [-0.1, -0.05) is 18.2 Å². The molecule has 0 saturated carbocycles. The highest BCUT2D eigenvalue weighted by Crippen LogP contribution is 2.33. The number of nitrogens with one attached hydrogen (secondary N) is 1. The van der Waals surface area contributed by atoms with Crippen LogP contribution in [-0.4, -0.2) is 75.2 Å². The highest BCUT2D eigenvalue weighted by Gasteiger charge is 2.24. The fourth-order valence-corrected chi connectivity index (χ4v) is 4.45. The molecule has 4 heterocycles. The number of piperazine rings is 1. The first-order chi connectivity index (χ1) is 18.4. The van der Waals surface area contributed by atoms with Crippen LogP contribution in [0.2, 0.25) is 0 Å². The Hall–Kier alpha value is -4.16. The van der Waals surface area contributed by atoms with E-state index < -0.39 is 12.1 Å². The minimum Gasteiger partial charge on any atom is -0.479 e. The van der Waals surface area contributed by atoms with Crippen molar-refractivity contribution in [3.63, 3.8) is 0 Å². The quantitative estimate of drug-likeness (QED) is 0.331. The smallest absolute Gasteiger partial charge is 0.332 e. The number of aliphatic carboxylic acids is 1. The molecule has 1 fully saturated rings. The minimum absolute atomic E-state index is 0.279. The van der Waals surface area contributed by atoms with Gasteiger partial charge in [0.1, 0.15) is 23.5 Å². The second-order valence-electron chi connectivity index (χ2n) is 8.81. The number of hydrogen-bond acceptors (Lipinski definition) is 9. The Morgan fingerprint density at radius 1 is 1.11 bits per heavy atom. The van der Waals surface area contributed by atoms with Gasteiger partial charge in [0.25, 0.3) is 0 Å². The Balaban J connectivity index is 0.000000443. The Labute approximate surface area is 223 Å². The zero-order valence-electron chi connectivity index (χ0n) is 20.7. The van der Waals surface area contributed by atoms with Gasteiger partial charge in [0.15, 0.2) is 28.0 Å². The average molecular weight is 538 g/mol. The summed E-state index contributed by atoms with van der Waals surface area (Å²) in [4.78, 5) is 22.9. The molecule has 3 N–H and O–H groups in total. The van der Waals surface area contributed by atoms with E-state index >= 15 is 0 Å². The molecule has 1 atom stereocenters. The van der Waals surface area contributed by atoms with Gasteiger partial charge in [-0.3, -0.25) is 0 Å². The Bertz CT molecular complexity index is 1470. The molecular formula is C26H27N5O6S. The third kappa shape index (κ3) is 5.41. The SMILES string of the molecule is C[C@H](O)C(=O)O.S=C(NCc1ccc2c(c1)OCO2)N1CCN(c2ncnc3c2oc2ccccc23)CC1. The Morgan fingerprint density at radius 3 is 2.61 bits per heavy atom. The molecule has 1 saturated heterocycles. The summed E-state index contributed by atoms with van der Waals surface area (Å²) in [5.41, 5.74) is 3.53. The number of anilines is 1. The Morgan fingerprint density at radius 2 is 1.84 bits per heavy atom. The number of hydrogen-bond donors (Lipinski definition) is 3. The summed E-state index contributed by atoms with van der Waals surface area (Å²) in [6, 6.07) is 13.9. The molecule has 2 aliphatic heterocycles. The van der Waals surface area contributed by atoms with E-state index in [0.29, 0.717) is 6.54 Å². The van der Waals surface area contributed by atoms with E-state index in [2.05, 4.69) is 25.1 Å². The van der Waals surface area contributed by atoms with Gasteiger partial charge in [0, 0.05) is 38.1 Å². The van der Waals surface area contributed by atoms with Gasteiger partial charge in [-0.15, -0.1) is 0 Å². The van der Waals surface area contributed by atoms with E-state index in [1.807, 2.05) is 42.5 Å². The number of carbonyl (C=O) groups is 1. The maximum absolute atomic E-state index is 9.45. The standard InChI is InChI=1S/C23H21N5O3S.C3H6O3/c32-23(24-12-15-5-6-18-19(11-15)30-14-29-18)28-9-7-27(8-10-28)22-21-20(25-13-26-22)16-3-1-2-4-17(16)31-21;1-2(4)3(5)6/h1-6,11,13H,7-10,12,14H2,(H,24,32);2,4H,1H3,(H,5,6)/t;2-/m.0/s1. The van der Waals surface area contributed by atoms with Gasteiger partial charge in [0.05, 0.1) is 0 Å². The molecule has 0 radical (unpaired) electrons. The molecule has 11 nitrogen and oxygen atoms in total. The number of rotatable bonds is 4. The maximum Gasteiger partial charge on any atom is 0.332 e. The molecule has 6 rings (SSSR count). The number of nitrogens with zero attached hydrogens (tertiary/aromatic N) is 4. The van der Waals surface area contributed by atoms with Gasteiger partial charge in [0.2, 0.25) is 6.79 Å². The minimum atomic E-state index is -1.23. The number of thiocarbonyl (C=S) groups is 1. The summed E-state index contributed by atoms with van der Waals surface area (Å²) in [6.07, 6.45) is 0.383. The van der Waals surface area contributed by atoms with Crippen LogP contribution in [-0.2, 0) is 11.3 Å². The summed E-state index contributed by atoms with van der Waals surface area (Å²) in [5, 5.41) is 20.9.